The zero-order valence-corrected chi connectivity index (χ0v) is 14.4. The quantitative estimate of drug-likeness (QED) is 0.936. The molecule has 1 aromatic heterocycles. The van der Waals surface area contributed by atoms with E-state index in [4.69, 9.17) is 0 Å². The number of nitrogens with one attached hydrogen (secondary N) is 1. The molecule has 6 heteroatoms. The minimum Gasteiger partial charge on any atom is -0.324 e. The van der Waals surface area contributed by atoms with Gasteiger partial charge in [0.25, 0.3) is 0 Å². The van der Waals surface area contributed by atoms with Crippen molar-refractivity contribution in [1.29, 1.82) is 0 Å². The maximum Gasteiger partial charge on any atom is 0.321 e. The molecule has 0 aliphatic carbocycles. The van der Waals surface area contributed by atoms with Crippen LogP contribution in [0.4, 0.5) is 10.5 Å². The van der Waals surface area contributed by atoms with Gasteiger partial charge in [0.1, 0.15) is 12.2 Å². The monoisotopic (exact) mass is 327 g/mol. The van der Waals surface area contributed by atoms with E-state index < -0.39 is 0 Å². The number of carbonyl (C=O) groups excluding carboxylic acids is 1. The summed E-state index contributed by atoms with van der Waals surface area (Å²) in [6.45, 7) is 5.84. The van der Waals surface area contributed by atoms with E-state index in [1.165, 1.54) is 0 Å². The van der Waals surface area contributed by atoms with Gasteiger partial charge in [0.15, 0.2) is 0 Å². The molecule has 1 aliphatic rings. The molecule has 128 valence electrons. The van der Waals surface area contributed by atoms with Crippen LogP contribution >= 0.6 is 0 Å². The highest BCUT2D eigenvalue weighted by molar-refractivity contribution is 5.89. The zero-order chi connectivity index (χ0) is 16.9. The van der Waals surface area contributed by atoms with Gasteiger partial charge >= 0.3 is 6.03 Å². The van der Waals surface area contributed by atoms with E-state index >= 15 is 0 Å². The average Bonchev–Trinajstić information content (AvgIpc) is 3.04. The maximum absolute atomic E-state index is 12.5. The highest BCUT2D eigenvalue weighted by Crippen LogP contribution is 2.22. The van der Waals surface area contributed by atoms with Crippen LogP contribution in [-0.2, 0) is 6.42 Å². The van der Waals surface area contributed by atoms with E-state index in [-0.39, 0.29) is 6.03 Å². The summed E-state index contributed by atoms with van der Waals surface area (Å²) in [5.74, 6) is 1.45. The Bertz CT molecular complexity index is 667. The molecule has 6 nitrogen and oxygen atoms in total. The predicted octanol–water partition coefficient (Wildman–Crippen LogP) is 3.35. The molecule has 0 radical (unpaired) electrons. The average molecular weight is 327 g/mol. The summed E-state index contributed by atoms with van der Waals surface area (Å²) in [5, 5.41) is 11.3. The van der Waals surface area contributed by atoms with Crippen molar-refractivity contribution in [3.8, 4) is 0 Å². The molecule has 0 spiro atoms. The van der Waals surface area contributed by atoms with Gasteiger partial charge in [-0.25, -0.2) is 4.79 Å². The number of anilines is 1. The van der Waals surface area contributed by atoms with Crippen molar-refractivity contribution in [2.45, 2.75) is 39.2 Å². The maximum atomic E-state index is 12.5. The normalized spacial score (nSPS) is 18.0. The Hall–Kier alpha value is -2.37. The first-order valence-electron chi connectivity index (χ1n) is 8.63. The minimum absolute atomic E-state index is 0.0174. The highest BCUT2D eigenvalue weighted by Gasteiger charge is 2.25. The van der Waals surface area contributed by atoms with Crippen LogP contribution in [0.1, 0.15) is 38.6 Å². The van der Waals surface area contributed by atoms with Gasteiger partial charge in [0.05, 0.1) is 0 Å². The summed E-state index contributed by atoms with van der Waals surface area (Å²) < 4.78 is 2.11. The predicted molar refractivity (Wildman–Crippen MR) is 93.9 cm³/mol. The molecule has 0 bridgehead atoms. The molecular weight excluding hydrogens is 302 g/mol. The fourth-order valence-corrected chi connectivity index (χ4v) is 3.24. The fourth-order valence-electron chi connectivity index (χ4n) is 3.24. The first kappa shape index (κ1) is 16.5. The van der Waals surface area contributed by atoms with Crippen molar-refractivity contribution in [2.24, 2.45) is 5.92 Å². The van der Waals surface area contributed by atoms with Crippen LogP contribution in [0.3, 0.4) is 0 Å². The van der Waals surface area contributed by atoms with Crippen LogP contribution in [0, 0.1) is 5.92 Å². The summed E-state index contributed by atoms with van der Waals surface area (Å²) in [4.78, 5) is 14.4. The second-order valence-electron chi connectivity index (χ2n) is 6.70. The van der Waals surface area contributed by atoms with Gasteiger partial charge in [-0.2, -0.15) is 0 Å². The molecule has 1 saturated heterocycles. The second kappa shape index (κ2) is 7.47. The van der Waals surface area contributed by atoms with Crippen molar-refractivity contribution >= 4 is 11.7 Å². The van der Waals surface area contributed by atoms with Gasteiger partial charge < -0.3 is 14.8 Å². The third-order valence-corrected chi connectivity index (χ3v) is 4.51. The number of urea groups is 1. The SMILES string of the molecule is CC(C)n1cnnc1CC1CCCN(C(=O)Nc2ccccc2)C1. The Morgan fingerprint density at radius 3 is 2.88 bits per heavy atom. The van der Waals surface area contributed by atoms with E-state index in [9.17, 15) is 4.79 Å². The van der Waals surface area contributed by atoms with Gasteiger partial charge in [-0.05, 0) is 44.7 Å². The number of benzene rings is 1. The lowest BCUT2D eigenvalue weighted by atomic mass is 9.94. The molecule has 1 unspecified atom stereocenters. The van der Waals surface area contributed by atoms with Crippen LogP contribution in [0.15, 0.2) is 36.7 Å². The Morgan fingerprint density at radius 2 is 2.12 bits per heavy atom. The minimum atomic E-state index is -0.0174. The lowest BCUT2D eigenvalue weighted by molar-refractivity contribution is 0.176. The first-order valence-corrected chi connectivity index (χ1v) is 8.63. The molecule has 2 amide bonds. The van der Waals surface area contributed by atoms with Gasteiger partial charge in [-0.3, -0.25) is 0 Å². The lowest BCUT2D eigenvalue weighted by Crippen LogP contribution is -2.43. The first-order chi connectivity index (χ1) is 11.6. The van der Waals surface area contributed by atoms with E-state index in [0.717, 1.165) is 43.9 Å². The number of likely N-dealkylation sites (tertiary alicyclic amines) is 1. The topological polar surface area (TPSA) is 63.1 Å². The third kappa shape index (κ3) is 3.93. The molecule has 24 heavy (non-hydrogen) atoms. The largest absolute Gasteiger partial charge is 0.324 e. The zero-order valence-electron chi connectivity index (χ0n) is 14.4. The number of hydrogen-bond donors (Lipinski definition) is 1. The van der Waals surface area contributed by atoms with Crippen molar-refractivity contribution in [3.63, 3.8) is 0 Å². The van der Waals surface area contributed by atoms with Gasteiger partial charge in [0, 0.05) is 31.2 Å². The smallest absolute Gasteiger partial charge is 0.321 e. The molecule has 1 atom stereocenters. The van der Waals surface area contributed by atoms with Crippen LogP contribution in [-0.4, -0.2) is 38.8 Å². The summed E-state index contributed by atoms with van der Waals surface area (Å²) in [7, 11) is 0. The number of hydrogen-bond acceptors (Lipinski definition) is 3. The summed E-state index contributed by atoms with van der Waals surface area (Å²) in [6.07, 6.45) is 4.82. The van der Waals surface area contributed by atoms with E-state index in [1.807, 2.05) is 35.2 Å². The second-order valence-corrected chi connectivity index (χ2v) is 6.70. The van der Waals surface area contributed by atoms with Crippen LogP contribution < -0.4 is 5.32 Å². The van der Waals surface area contributed by atoms with Crippen molar-refractivity contribution in [1.82, 2.24) is 19.7 Å². The lowest BCUT2D eigenvalue weighted by Gasteiger charge is -2.32. The van der Waals surface area contributed by atoms with Gasteiger partial charge in [-0.15, -0.1) is 10.2 Å². The molecule has 1 N–H and O–H groups in total. The Morgan fingerprint density at radius 1 is 1.33 bits per heavy atom. The number of aromatic nitrogens is 3. The van der Waals surface area contributed by atoms with E-state index in [0.29, 0.717) is 12.0 Å². The van der Waals surface area contributed by atoms with Gasteiger partial charge in [0.2, 0.25) is 0 Å². The number of para-hydroxylation sites is 1. The van der Waals surface area contributed by atoms with Crippen molar-refractivity contribution < 1.29 is 4.79 Å². The third-order valence-electron chi connectivity index (χ3n) is 4.51. The number of carbonyl (C=O) groups is 1. The summed E-state index contributed by atoms with van der Waals surface area (Å²) in [6, 6.07) is 9.94. The number of nitrogens with zero attached hydrogens (tertiary/aromatic N) is 4. The van der Waals surface area contributed by atoms with Crippen molar-refractivity contribution in [2.75, 3.05) is 18.4 Å². The highest BCUT2D eigenvalue weighted by atomic mass is 16.2. The summed E-state index contributed by atoms with van der Waals surface area (Å²) >= 11 is 0. The molecule has 1 fully saturated rings. The Labute approximate surface area is 142 Å². The van der Waals surface area contributed by atoms with Crippen LogP contribution in [0.5, 0.6) is 0 Å². The molecule has 3 rings (SSSR count). The molecule has 1 aliphatic heterocycles. The number of piperidine rings is 1. The number of rotatable bonds is 4. The Kier molecular flexibility index (Phi) is 5.13. The fraction of sp³-hybridized carbons (Fsp3) is 0.500. The van der Waals surface area contributed by atoms with Gasteiger partial charge in [-0.1, -0.05) is 18.2 Å². The van der Waals surface area contributed by atoms with E-state index in [2.05, 4.69) is 33.9 Å². The van der Waals surface area contributed by atoms with Crippen LogP contribution in [0.2, 0.25) is 0 Å². The molecule has 2 aromatic rings. The molecule has 1 aromatic carbocycles. The molecular formula is C18H25N5O. The number of amides is 2. The molecule has 0 saturated carbocycles. The van der Waals surface area contributed by atoms with Crippen LogP contribution in [0.25, 0.3) is 0 Å². The standard InChI is InChI=1S/C18H25N5O/c1-14(2)23-13-19-21-17(23)11-15-7-6-10-22(12-15)18(24)20-16-8-4-3-5-9-16/h3-5,8-9,13-15H,6-7,10-12H2,1-2H3,(H,20,24). The van der Waals surface area contributed by atoms with E-state index in [1.54, 1.807) is 6.33 Å². The molecule has 2 heterocycles. The van der Waals surface area contributed by atoms with Crippen molar-refractivity contribution in [3.05, 3.63) is 42.5 Å². The Balaban J connectivity index is 1.60. The summed E-state index contributed by atoms with van der Waals surface area (Å²) in [5.41, 5.74) is 0.837.